The summed E-state index contributed by atoms with van der Waals surface area (Å²) in [7, 11) is 3.13. The molecule has 0 aliphatic carbocycles. The Bertz CT molecular complexity index is 663. The third-order valence-electron chi connectivity index (χ3n) is 2.81. The molecule has 1 aromatic heterocycles. The number of aromatic nitrogens is 2. The lowest BCUT2D eigenvalue weighted by Gasteiger charge is -2.06. The van der Waals surface area contributed by atoms with Crippen molar-refractivity contribution < 1.29 is 0 Å². The van der Waals surface area contributed by atoms with Crippen molar-refractivity contribution in [3.63, 3.8) is 0 Å². The highest BCUT2D eigenvalue weighted by Crippen LogP contribution is 2.14. The molecule has 4 nitrogen and oxygen atoms in total. The van der Waals surface area contributed by atoms with Gasteiger partial charge in [-0.15, -0.1) is 0 Å². The fourth-order valence-corrected chi connectivity index (χ4v) is 1.74. The molecule has 0 aliphatic heterocycles. The van der Waals surface area contributed by atoms with Crippen LogP contribution in [0.2, 0.25) is 0 Å². The minimum absolute atomic E-state index is 0.267. The van der Waals surface area contributed by atoms with Gasteiger partial charge in [0.2, 0.25) is 0 Å². The molecule has 0 atom stereocenters. The van der Waals surface area contributed by atoms with Gasteiger partial charge in [0.25, 0.3) is 5.56 Å². The minimum Gasteiger partial charge on any atom is -0.303 e. The molecule has 0 spiro atoms. The molecule has 17 heavy (non-hydrogen) atoms. The van der Waals surface area contributed by atoms with Crippen molar-refractivity contribution in [2.45, 2.75) is 6.92 Å². The molecule has 0 unspecified atom stereocenters. The number of rotatable bonds is 1. The van der Waals surface area contributed by atoms with Crippen molar-refractivity contribution in [3.05, 3.63) is 56.9 Å². The second kappa shape index (κ2) is 4.05. The van der Waals surface area contributed by atoms with E-state index < -0.39 is 0 Å². The Balaban J connectivity index is 2.73. The monoisotopic (exact) mass is 230 g/mol. The van der Waals surface area contributed by atoms with Crippen molar-refractivity contribution in [1.82, 2.24) is 9.13 Å². The zero-order chi connectivity index (χ0) is 12.6. The lowest BCUT2D eigenvalue weighted by molar-refractivity contribution is 0.688. The number of benzene rings is 1. The van der Waals surface area contributed by atoms with Crippen LogP contribution >= 0.6 is 0 Å². The fourth-order valence-electron chi connectivity index (χ4n) is 1.74. The highest BCUT2D eigenvalue weighted by molar-refractivity contribution is 5.61. The molecule has 0 radical (unpaired) electrons. The van der Waals surface area contributed by atoms with Crippen LogP contribution in [0, 0.1) is 6.92 Å². The molecule has 0 saturated carbocycles. The molecule has 2 rings (SSSR count). The predicted octanol–water partition coefficient (Wildman–Crippen LogP) is 1.06. The quantitative estimate of drug-likeness (QED) is 0.735. The summed E-state index contributed by atoms with van der Waals surface area (Å²) < 4.78 is 2.53. The molecule has 4 heteroatoms. The van der Waals surface area contributed by atoms with Crippen molar-refractivity contribution in [2.24, 2.45) is 14.1 Å². The van der Waals surface area contributed by atoms with Gasteiger partial charge < -0.3 is 4.57 Å². The van der Waals surface area contributed by atoms with Crippen LogP contribution in [-0.4, -0.2) is 9.13 Å². The Morgan fingerprint density at radius 2 is 1.59 bits per heavy atom. The topological polar surface area (TPSA) is 44.0 Å². The van der Waals surface area contributed by atoms with Gasteiger partial charge in [-0.05, 0) is 12.5 Å². The normalized spacial score (nSPS) is 10.5. The van der Waals surface area contributed by atoms with E-state index in [1.165, 1.54) is 11.6 Å². The molecule has 0 bridgehead atoms. The van der Waals surface area contributed by atoms with Crippen LogP contribution < -0.4 is 11.2 Å². The van der Waals surface area contributed by atoms with Crippen molar-refractivity contribution in [1.29, 1.82) is 0 Å². The summed E-state index contributed by atoms with van der Waals surface area (Å²) in [6, 6.07) is 7.66. The van der Waals surface area contributed by atoms with Crippen molar-refractivity contribution in [3.8, 4) is 11.1 Å². The maximum Gasteiger partial charge on any atom is 0.330 e. The summed E-state index contributed by atoms with van der Waals surface area (Å²) in [4.78, 5) is 23.5. The first kappa shape index (κ1) is 11.4. The van der Waals surface area contributed by atoms with Gasteiger partial charge in [-0.1, -0.05) is 29.8 Å². The number of nitrogens with zero attached hydrogens (tertiary/aromatic N) is 2. The summed E-state index contributed by atoms with van der Waals surface area (Å²) in [5.74, 6) is 0. The van der Waals surface area contributed by atoms with Crippen molar-refractivity contribution >= 4 is 0 Å². The molecule has 0 saturated heterocycles. The van der Waals surface area contributed by atoms with Gasteiger partial charge >= 0.3 is 5.69 Å². The van der Waals surface area contributed by atoms with E-state index >= 15 is 0 Å². The molecule has 2 aromatic rings. The molecule has 0 aliphatic rings. The summed E-state index contributed by atoms with van der Waals surface area (Å²) in [5, 5.41) is 0. The van der Waals surface area contributed by atoms with E-state index in [0.29, 0.717) is 5.56 Å². The van der Waals surface area contributed by atoms with Gasteiger partial charge in [0, 0.05) is 20.3 Å². The van der Waals surface area contributed by atoms with Gasteiger partial charge in [0.1, 0.15) is 0 Å². The largest absolute Gasteiger partial charge is 0.330 e. The highest BCUT2D eigenvalue weighted by atomic mass is 16.2. The number of hydrogen-bond acceptors (Lipinski definition) is 2. The molecule has 1 heterocycles. The standard InChI is InChI=1S/C13H14N2O2/c1-9-4-6-10(7-5-9)11-8-14(2)13(17)15(3)12(11)16/h4-8H,1-3H3. The average molecular weight is 230 g/mol. The van der Waals surface area contributed by atoms with Crippen LogP contribution in [0.15, 0.2) is 40.1 Å². The Labute approximate surface area is 98.8 Å². The first-order valence-corrected chi connectivity index (χ1v) is 5.34. The lowest BCUT2D eigenvalue weighted by Crippen LogP contribution is -2.37. The minimum atomic E-state index is -0.314. The predicted molar refractivity (Wildman–Crippen MR) is 67.1 cm³/mol. The van der Waals surface area contributed by atoms with Gasteiger partial charge in [-0.25, -0.2) is 4.79 Å². The van der Waals surface area contributed by atoms with Crippen LogP contribution in [0.5, 0.6) is 0 Å². The van der Waals surface area contributed by atoms with E-state index in [-0.39, 0.29) is 11.2 Å². The van der Waals surface area contributed by atoms with Crippen molar-refractivity contribution in [2.75, 3.05) is 0 Å². The van der Waals surface area contributed by atoms with Crippen LogP contribution in [-0.2, 0) is 14.1 Å². The first-order chi connectivity index (χ1) is 8.00. The number of aryl methyl sites for hydroxylation is 2. The molecule has 0 amide bonds. The van der Waals surface area contributed by atoms with Gasteiger partial charge in [-0.2, -0.15) is 0 Å². The fraction of sp³-hybridized carbons (Fsp3) is 0.231. The summed E-state index contributed by atoms with van der Waals surface area (Å²) in [6.07, 6.45) is 1.58. The zero-order valence-electron chi connectivity index (χ0n) is 10.1. The van der Waals surface area contributed by atoms with Gasteiger partial charge in [0.15, 0.2) is 0 Å². The Morgan fingerprint density at radius 1 is 1.00 bits per heavy atom. The SMILES string of the molecule is Cc1ccc(-c2cn(C)c(=O)n(C)c2=O)cc1. The average Bonchev–Trinajstić information content (AvgIpc) is 2.32. The smallest absolute Gasteiger partial charge is 0.303 e. The third-order valence-corrected chi connectivity index (χ3v) is 2.81. The van der Waals surface area contributed by atoms with Crippen LogP contribution in [0.25, 0.3) is 11.1 Å². The highest BCUT2D eigenvalue weighted by Gasteiger charge is 2.08. The van der Waals surface area contributed by atoms with Gasteiger partial charge in [0.05, 0.1) is 5.56 Å². The lowest BCUT2D eigenvalue weighted by atomic mass is 10.1. The van der Waals surface area contributed by atoms with Crippen LogP contribution in [0.4, 0.5) is 0 Å². The molecular formula is C13H14N2O2. The summed E-state index contributed by atoms with van der Waals surface area (Å²) >= 11 is 0. The Hall–Kier alpha value is -2.10. The van der Waals surface area contributed by atoms with E-state index in [1.807, 2.05) is 31.2 Å². The van der Waals surface area contributed by atoms with E-state index in [9.17, 15) is 9.59 Å². The first-order valence-electron chi connectivity index (χ1n) is 5.34. The molecule has 88 valence electrons. The summed E-state index contributed by atoms with van der Waals surface area (Å²) in [6.45, 7) is 1.99. The van der Waals surface area contributed by atoms with E-state index in [2.05, 4.69) is 0 Å². The maximum absolute atomic E-state index is 12.0. The molecule has 1 aromatic carbocycles. The Morgan fingerprint density at radius 3 is 2.18 bits per heavy atom. The van der Waals surface area contributed by atoms with Crippen LogP contribution in [0.3, 0.4) is 0 Å². The van der Waals surface area contributed by atoms with Crippen LogP contribution in [0.1, 0.15) is 5.56 Å². The maximum atomic E-state index is 12.0. The molecular weight excluding hydrogens is 216 g/mol. The second-order valence-corrected chi connectivity index (χ2v) is 4.17. The third kappa shape index (κ3) is 1.93. The van der Waals surface area contributed by atoms with Gasteiger partial charge in [-0.3, -0.25) is 9.36 Å². The van der Waals surface area contributed by atoms with E-state index in [0.717, 1.165) is 15.7 Å². The Kier molecular flexibility index (Phi) is 2.71. The van der Waals surface area contributed by atoms with E-state index in [1.54, 1.807) is 13.2 Å². The molecule has 0 N–H and O–H groups in total. The second-order valence-electron chi connectivity index (χ2n) is 4.17. The zero-order valence-corrected chi connectivity index (χ0v) is 10.1. The summed E-state index contributed by atoms with van der Waals surface area (Å²) in [5.41, 5.74) is 1.92. The van der Waals surface area contributed by atoms with E-state index in [4.69, 9.17) is 0 Å². The molecule has 0 fully saturated rings. The number of hydrogen-bond donors (Lipinski definition) is 0.